The summed E-state index contributed by atoms with van der Waals surface area (Å²) in [5, 5.41) is 3.33. The molecule has 0 saturated carbocycles. The molecule has 0 aromatic heterocycles. The number of nitrogens with two attached hydrogens (primary N) is 1. The van der Waals surface area contributed by atoms with Crippen LogP contribution in [0.15, 0.2) is 30.3 Å². The van der Waals surface area contributed by atoms with Crippen molar-refractivity contribution in [1.29, 1.82) is 0 Å². The van der Waals surface area contributed by atoms with Gasteiger partial charge >= 0.3 is 0 Å². The highest BCUT2D eigenvalue weighted by molar-refractivity contribution is 5.76. The maximum atomic E-state index is 10.9. The molecule has 3 heteroatoms. The van der Waals surface area contributed by atoms with Crippen LogP contribution in [-0.4, -0.2) is 18.5 Å². The lowest BCUT2D eigenvalue weighted by Gasteiger charge is -2.16. The highest BCUT2D eigenvalue weighted by Gasteiger charge is 2.09. The van der Waals surface area contributed by atoms with Crippen molar-refractivity contribution in [2.45, 2.75) is 32.7 Å². The monoisotopic (exact) mass is 234 g/mol. The van der Waals surface area contributed by atoms with Gasteiger partial charge in [0.1, 0.15) is 0 Å². The fourth-order valence-corrected chi connectivity index (χ4v) is 1.61. The summed E-state index contributed by atoms with van der Waals surface area (Å²) >= 11 is 0. The maximum Gasteiger partial charge on any atom is 0.221 e. The van der Waals surface area contributed by atoms with Crippen LogP contribution in [0.4, 0.5) is 0 Å². The number of carbonyl (C=O) groups is 1. The third-order valence-corrected chi connectivity index (χ3v) is 2.97. The standard InChI is InChI=1S/C14H22N2O/c1-11(14(15)17)10-16-12(2)8-9-13-6-4-3-5-7-13/h3-7,11-12,16H,8-10H2,1-2H3,(H2,15,17). The Balaban J connectivity index is 2.22. The van der Waals surface area contributed by atoms with Crippen molar-refractivity contribution in [2.24, 2.45) is 11.7 Å². The smallest absolute Gasteiger partial charge is 0.221 e. The Kier molecular flexibility index (Phi) is 5.70. The van der Waals surface area contributed by atoms with Gasteiger partial charge in [0, 0.05) is 18.5 Å². The zero-order chi connectivity index (χ0) is 12.7. The topological polar surface area (TPSA) is 55.1 Å². The normalized spacial score (nSPS) is 14.2. The van der Waals surface area contributed by atoms with Gasteiger partial charge in [-0.15, -0.1) is 0 Å². The Hall–Kier alpha value is -1.35. The minimum Gasteiger partial charge on any atom is -0.369 e. The number of rotatable bonds is 7. The van der Waals surface area contributed by atoms with E-state index in [4.69, 9.17) is 5.73 Å². The predicted molar refractivity (Wildman–Crippen MR) is 70.6 cm³/mol. The minimum atomic E-state index is -0.243. The van der Waals surface area contributed by atoms with E-state index in [-0.39, 0.29) is 11.8 Å². The third-order valence-electron chi connectivity index (χ3n) is 2.97. The van der Waals surface area contributed by atoms with Gasteiger partial charge in [0.15, 0.2) is 0 Å². The molecule has 2 unspecified atom stereocenters. The van der Waals surface area contributed by atoms with E-state index >= 15 is 0 Å². The molecule has 0 aliphatic rings. The zero-order valence-electron chi connectivity index (χ0n) is 10.6. The van der Waals surface area contributed by atoms with E-state index < -0.39 is 0 Å². The molecule has 2 atom stereocenters. The molecule has 0 bridgehead atoms. The summed E-state index contributed by atoms with van der Waals surface area (Å²) in [5.41, 5.74) is 6.56. The minimum absolute atomic E-state index is 0.103. The molecule has 17 heavy (non-hydrogen) atoms. The molecule has 0 saturated heterocycles. The maximum absolute atomic E-state index is 10.9. The summed E-state index contributed by atoms with van der Waals surface area (Å²) < 4.78 is 0. The van der Waals surface area contributed by atoms with Gasteiger partial charge in [-0.1, -0.05) is 37.3 Å². The third kappa shape index (κ3) is 5.50. The molecular formula is C14H22N2O. The molecule has 0 heterocycles. The van der Waals surface area contributed by atoms with Crippen LogP contribution in [0.1, 0.15) is 25.8 Å². The number of nitrogens with one attached hydrogen (secondary N) is 1. The fourth-order valence-electron chi connectivity index (χ4n) is 1.61. The van der Waals surface area contributed by atoms with Crippen LogP contribution in [0, 0.1) is 5.92 Å². The van der Waals surface area contributed by atoms with Crippen molar-refractivity contribution >= 4 is 5.91 Å². The summed E-state index contributed by atoms with van der Waals surface area (Å²) in [6, 6.07) is 10.8. The van der Waals surface area contributed by atoms with Crippen LogP contribution < -0.4 is 11.1 Å². The molecule has 1 rings (SSSR count). The molecule has 0 aliphatic carbocycles. The van der Waals surface area contributed by atoms with Crippen LogP contribution in [-0.2, 0) is 11.2 Å². The Labute approximate surface area is 103 Å². The second-order valence-corrected chi connectivity index (χ2v) is 4.64. The Morgan fingerprint density at radius 2 is 1.94 bits per heavy atom. The van der Waals surface area contributed by atoms with Crippen LogP contribution in [0.3, 0.4) is 0 Å². The van der Waals surface area contributed by atoms with Crippen molar-refractivity contribution in [2.75, 3.05) is 6.54 Å². The second-order valence-electron chi connectivity index (χ2n) is 4.64. The van der Waals surface area contributed by atoms with E-state index in [1.807, 2.05) is 13.0 Å². The summed E-state index contributed by atoms with van der Waals surface area (Å²) in [5.74, 6) is -0.345. The number of amides is 1. The number of hydrogen-bond acceptors (Lipinski definition) is 2. The molecule has 3 nitrogen and oxygen atoms in total. The number of benzene rings is 1. The van der Waals surface area contributed by atoms with Crippen LogP contribution in [0.5, 0.6) is 0 Å². The Bertz CT molecular complexity index is 337. The van der Waals surface area contributed by atoms with Gasteiger partial charge in [-0.3, -0.25) is 4.79 Å². The first-order valence-corrected chi connectivity index (χ1v) is 6.16. The van der Waals surface area contributed by atoms with Gasteiger partial charge in [-0.2, -0.15) is 0 Å². The van der Waals surface area contributed by atoms with E-state index in [1.165, 1.54) is 5.56 Å². The van der Waals surface area contributed by atoms with Crippen molar-refractivity contribution < 1.29 is 4.79 Å². The van der Waals surface area contributed by atoms with Crippen molar-refractivity contribution in [3.63, 3.8) is 0 Å². The summed E-state index contributed by atoms with van der Waals surface area (Å²) in [7, 11) is 0. The van der Waals surface area contributed by atoms with Gasteiger partial charge in [-0.25, -0.2) is 0 Å². The number of carbonyl (C=O) groups excluding carboxylic acids is 1. The number of primary amides is 1. The molecule has 0 fully saturated rings. The highest BCUT2D eigenvalue weighted by Crippen LogP contribution is 2.05. The largest absolute Gasteiger partial charge is 0.369 e. The van der Waals surface area contributed by atoms with Gasteiger partial charge in [0.05, 0.1) is 0 Å². The lowest BCUT2D eigenvalue weighted by atomic mass is 10.1. The van der Waals surface area contributed by atoms with E-state index in [2.05, 4.69) is 36.5 Å². The Morgan fingerprint density at radius 3 is 2.53 bits per heavy atom. The first-order valence-electron chi connectivity index (χ1n) is 6.16. The van der Waals surface area contributed by atoms with Crippen molar-refractivity contribution in [3.8, 4) is 0 Å². The fraction of sp³-hybridized carbons (Fsp3) is 0.500. The van der Waals surface area contributed by atoms with Crippen LogP contribution >= 0.6 is 0 Å². The zero-order valence-corrected chi connectivity index (χ0v) is 10.6. The van der Waals surface area contributed by atoms with Gasteiger partial charge in [0.2, 0.25) is 5.91 Å². The predicted octanol–water partition coefficient (Wildman–Crippen LogP) is 1.72. The second kappa shape index (κ2) is 7.07. The molecule has 1 amide bonds. The van der Waals surface area contributed by atoms with Crippen LogP contribution in [0.2, 0.25) is 0 Å². The Morgan fingerprint density at radius 1 is 1.29 bits per heavy atom. The molecule has 0 radical (unpaired) electrons. The molecule has 0 aliphatic heterocycles. The van der Waals surface area contributed by atoms with E-state index in [1.54, 1.807) is 0 Å². The van der Waals surface area contributed by atoms with Gasteiger partial charge in [-0.05, 0) is 25.3 Å². The molecule has 3 N–H and O–H groups in total. The first kappa shape index (κ1) is 13.7. The highest BCUT2D eigenvalue weighted by atomic mass is 16.1. The van der Waals surface area contributed by atoms with Crippen LogP contribution in [0.25, 0.3) is 0 Å². The van der Waals surface area contributed by atoms with Crippen molar-refractivity contribution in [3.05, 3.63) is 35.9 Å². The van der Waals surface area contributed by atoms with E-state index in [0.29, 0.717) is 12.6 Å². The van der Waals surface area contributed by atoms with Gasteiger partial charge in [0.25, 0.3) is 0 Å². The van der Waals surface area contributed by atoms with E-state index in [9.17, 15) is 4.79 Å². The molecule has 0 spiro atoms. The quantitative estimate of drug-likeness (QED) is 0.754. The lowest BCUT2D eigenvalue weighted by Crippen LogP contribution is -2.35. The molecule has 1 aromatic carbocycles. The SMILES string of the molecule is CC(CCc1ccccc1)NCC(C)C(N)=O. The molecule has 94 valence electrons. The average molecular weight is 234 g/mol. The summed E-state index contributed by atoms with van der Waals surface area (Å²) in [6.45, 7) is 4.64. The first-order chi connectivity index (χ1) is 8.09. The van der Waals surface area contributed by atoms with Crippen molar-refractivity contribution in [1.82, 2.24) is 5.32 Å². The lowest BCUT2D eigenvalue weighted by molar-refractivity contribution is -0.121. The van der Waals surface area contributed by atoms with E-state index in [0.717, 1.165) is 12.8 Å². The molecular weight excluding hydrogens is 212 g/mol. The average Bonchev–Trinajstić information content (AvgIpc) is 2.34. The number of aryl methyl sites for hydroxylation is 1. The summed E-state index contributed by atoms with van der Waals surface area (Å²) in [6.07, 6.45) is 2.12. The molecule has 1 aromatic rings. The summed E-state index contributed by atoms with van der Waals surface area (Å²) in [4.78, 5) is 10.9. The van der Waals surface area contributed by atoms with Gasteiger partial charge < -0.3 is 11.1 Å². The number of hydrogen-bond donors (Lipinski definition) is 2.